The standard InChI is InChI=1S/C37H48N2O6S/c1-2-3-12-21-36(43)27-19-20-28(36)23-29(22-27)44-34(41)37(25-13-6-4-7-14-25,26-15-8-5-9-16-26)45-32(40)18-11-10-17-31-33-30(24-46-31)38-35(42)39-33/h4-9,13-16,27-31,33,43H,2-3,10-12,17-24H2,1H3,(H2,38,39,42)/t27?,28?,29?,30?,31-,33-,36?/m0/s1. The molecule has 5 atom stereocenters. The topological polar surface area (TPSA) is 114 Å². The number of hydrogen-bond acceptors (Lipinski definition) is 7. The Morgan fingerprint density at radius 1 is 0.935 bits per heavy atom. The number of nitrogens with one attached hydrogen (secondary N) is 2. The summed E-state index contributed by atoms with van der Waals surface area (Å²) in [7, 11) is 0. The number of amides is 2. The van der Waals surface area contributed by atoms with Gasteiger partial charge in [0.1, 0.15) is 6.10 Å². The van der Waals surface area contributed by atoms with Crippen molar-refractivity contribution in [3.05, 3.63) is 71.8 Å². The maximum atomic E-state index is 14.5. The average molecular weight is 649 g/mol. The van der Waals surface area contributed by atoms with Crippen LogP contribution in [0.4, 0.5) is 4.79 Å². The van der Waals surface area contributed by atoms with E-state index in [1.54, 1.807) is 0 Å². The molecule has 2 saturated heterocycles. The molecule has 46 heavy (non-hydrogen) atoms. The Bertz CT molecular complexity index is 1300. The van der Waals surface area contributed by atoms with E-state index in [1.807, 2.05) is 72.4 Å². The molecule has 9 heteroatoms. The zero-order chi connectivity index (χ0) is 32.1. The zero-order valence-electron chi connectivity index (χ0n) is 26.8. The minimum atomic E-state index is -1.75. The molecule has 2 aliphatic heterocycles. The molecular formula is C37H48N2O6S. The molecule has 2 aromatic rings. The van der Waals surface area contributed by atoms with E-state index < -0.39 is 23.1 Å². The Morgan fingerprint density at radius 2 is 1.59 bits per heavy atom. The van der Waals surface area contributed by atoms with Gasteiger partial charge in [0.15, 0.2) is 0 Å². The number of rotatable bonds is 14. The van der Waals surface area contributed by atoms with Gasteiger partial charge in [-0.3, -0.25) is 4.79 Å². The SMILES string of the molecule is CCCCCC1(O)C2CCC1CC(OC(=O)C(OC(=O)CCCC[C@@H]1SCC3NC(=O)N[C@@H]31)(c1ccccc1)c1ccccc1)C2. The molecule has 4 fully saturated rings. The van der Waals surface area contributed by atoms with Crippen molar-refractivity contribution in [1.29, 1.82) is 0 Å². The molecule has 2 bridgehead atoms. The lowest BCUT2D eigenvalue weighted by Crippen LogP contribution is -2.49. The summed E-state index contributed by atoms with van der Waals surface area (Å²) in [4.78, 5) is 39.9. The summed E-state index contributed by atoms with van der Waals surface area (Å²) in [6.45, 7) is 2.17. The first-order valence-electron chi connectivity index (χ1n) is 17.3. The fourth-order valence-corrected chi connectivity index (χ4v) is 9.94. The quantitative estimate of drug-likeness (QED) is 0.126. The summed E-state index contributed by atoms with van der Waals surface area (Å²) in [5.74, 6) is 0.0690. The highest BCUT2D eigenvalue weighted by molar-refractivity contribution is 8.00. The molecule has 3 N–H and O–H groups in total. The fraction of sp³-hybridized carbons (Fsp3) is 0.595. The molecule has 2 aliphatic carbocycles. The van der Waals surface area contributed by atoms with E-state index in [-0.39, 0.29) is 42.5 Å². The first-order valence-corrected chi connectivity index (χ1v) is 18.3. The highest BCUT2D eigenvalue weighted by Crippen LogP contribution is 2.53. The average Bonchev–Trinajstić information content (AvgIpc) is 3.64. The maximum Gasteiger partial charge on any atom is 0.360 e. The highest BCUT2D eigenvalue weighted by atomic mass is 32.2. The zero-order valence-corrected chi connectivity index (χ0v) is 27.6. The summed E-state index contributed by atoms with van der Waals surface area (Å²) in [5.41, 5.74) is -1.33. The lowest BCUT2D eigenvalue weighted by Gasteiger charge is -2.43. The number of fused-ring (bicyclic) bond motifs is 3. The van der Waals surface area contributed by atoms with Gasteiger partial charge in [-0.1, -0.05) is 93.3 Å². The second kappa shape index (κ2) is 14.4. The third kappa shape index (κ3) is 6.68. The fourth-order valence-electron chi connectivity index (χ4n) is 8.39. The number of unbranched alkanes of at least 4 members (excludes halogenated alkanes) is 3. The van der Waals surface area contributed by atoms with Gasteiger partial charge in [-0.15, -0.1) is 0 Å². The summed E-state index contributed by atoms with van der Waals surface area (Å²) in [5, 5.41) is 18.0. The summed E-state index contributed by atoms with van der Waals surface area (Å²) >= 11 is 1.86. The Balaban J connectivity index is 1.16. The van der Waals surface area contributed by atoms with Crippen molar-refractivity contribution in [1.82, 2.24) is 10.6 Å². The van der Waals surface area contributed by atoms with E-state index >= 15 is 0 Å². The normalized spacial score (nSPS) is 29.9. The van der Waals surface area contributed by atoms with Crippen molar-refractivity contribution >= 4 is 29.7 Å². The van der Waals surface area contributed by atoms with Crippen LogP contribution in [0, 0.1) is 11.8 Å². The second-order valence-corrected chi connectivity index (χ2v) is 14.9. The van der Waals surface area contributed by atoms with Gasteiger partial charge in [-0.25, -0.2) is 9.59 Å². The van der Waals surface area contributed by atoms with Crippen LogP contribution >= 0.6 is 11.8 Å². The van der Waals surface area contributed by atoms with E-state index in [9.17, 15) is 19.5 Å². The predicted molar refractivity (Wildman–Crippen MR) is 178 cm³/mol. The Hall–Kier alpha value is -3.04. The van der Waals surface area contributed by atoms with Crippen LogP contribution < -0.4 is 10.6 Å². The van der Waals surface area contributed by atoms with Gasteiger partial charge in [0.2, 0.25) is 0 Å². The van der Waals surface area contributed by atoms with Crippen molar-refractivity contribution in [3.63, 3.8) is 0 Å². The monoisotopic (exact) mass is 648 g/mol. The van der Waals surface area contributed by atoms with Gasteiger partial charge >= 0.3 is 18.0 Å². The van der Waals surface area contributed by atoms with E-state index in [4.69, 9.17) is 9.47 Å². The Labute approximate surface area is 276 Å². The lowest BCUT2D eigenvalue weighted by atomic mass is 9.70. The molecule has 2 aromatic carbocycles. The number of thioether (sulfide) groups is 1. The number of ether oxygens (including phenoxy) is 2. The smallest absolute Gasteiger partial charge is 0.360 e. The van der Waals surface area contributed by atoms with Crippen molar-refractivity contribution in [2.45, 2.75) is 119 Å². The second-order valence-electron chi connectivity index (χ2n) is 13.7. The van der Waals surface area contributed by atoms with Crippen LogP contribution in [-0.4, -0.2) is 57.9 Å². The molecule has 4 aliphatic rings. The maximum absolute atomic E-state index is 14.5. The number of carbonyl (C=O) groups excluding carboxylic acids is 3. The van der Waals surface area contributed by atoms with Crippen LogP contribution in [0.2, 0.25) is 0 Å². The number of carbonyl (C=O) groups is 3. The Morgan fingerprint density at radius 3 is 2.22 bits per heavy atom. The molecule has 2 heterocycles. The van der Waals surface area contributed by atoms with Crippen molar-refractivity contribution in [3.8, 4) is 0 Å². The van der Waals surface area contributed by atoms with Crippen molar-refractivity contribution in [2.24, 2.45) is 11.8 Å². The largest absolute Gasteiger partial charge is 0.459 e. The van der Waals surface area contributed by atoms with Crippen molar-refractivity contribution in [2.75, 3.05) is 5.75 Å². The van der Waals surface area contributed by atoms with Gasteiger partial charge in [0.25, 0.3) is 5.60 Å². The van der Waals surface area contributed by atoms with Gasteiger partial charge in [-0.05, 0) is 56.8 Å². The van der Waals surface area contributed by atoms with Gasteiger partial charge < -0.3 is 25.2 Å². The lowest BCUT2D eigenvalue weighted by molar-refractivity contribution is -0.188. The first kappa shape index (κ1) is 32.9. The molecule has 6 rings (SSSR count). The summed E-state index contributed by atoms with van der Waals surface area (Å²) in [6.07, 6.45) is 9.32. The van der Waals surface area contributed by atoms with Crippen LogP contribution in [0.15, 0.2) is 60.7 Å². The van der Waals surface area contributed by atoms with Gasteiger partial charge in [0.05, 0.1) is 17.7 Å². The van der Waals surface area contributed by atoms with E-state index in [0.29, 0.717) is 35.6 Å². The summed E-state index contributed by atoms with van der Waals surface area (Å²) in [6, 6.07) is 18.6. The molecule has 0 aromatic heterocycles. The number of urea groups is 1. The Kier molecular flexibility index (Phi) is 10.3. The first-order chi connectivity index (χ1) is 22.3. The molecule has 2 saturated carbocycles. The van der Waals surface area contributed by atoms with Gasteiger partial charge in [-0.2, -0.15) is 11.8 Å². The van der Waals surface area contributed by atoms with Crippen LogP contribution in [-0.2, 0) is 24.7 Å². The minimum absolute atomic E-state index is 0.0996. The predicted octanol–water partition coefficient (Wildman–Crippen LogP) is 6.24. The molecule has 0 radical (unpaired) electrons. The number of benzene rings is 2. The van der Waals surface area contributed by atoms with E-state index in [1.165, 1.54) is 0 Å². The molecule has 8 nitrogen and oxygen atoms in total. The molecule has 2 amide bonds. The van der Waals surface area contributed by atoms with E-state index in [2.05, 4.69) is 17.6 Å². The number of hydrogen-bond donors (Lipinski definition) is 3. The number of esters is 2. The van der Waals surface area contributed by atoms with Gasteiger partial charge in [0, 0.05) is 28.6 Å². The molecule has 248 valence electrons. The molecule has 0 spiro atoms. The van der Waals surface area contributed by atoms with Crippen LogP contribution in [0.1, 0.15) is 95.1 Å². The highest BCUT2D eigenvalue weighted by Gasteiger charge is 2.55. The molecular weight excluding hydrogens is 600 g/mol. The third-order valence-electron chi connectivity index (χ3n) is 10.8. The van der Waals surface area contributed by atoms with Crippen molar-refractivity contribution < 1.29 is 29.0 Å². The van der Waals surface area contributed by atoms with Crippen LogP contribution in [0.3, 0.4) is 0 Å². The molecule has 3 unspecified atom stereocenters. The van der Waals surface area contributed by atoms with E-state index in [0.717, 1.165) is 57.1 Å². The number of aliphatic hydroxyl groups is 1. The van der Waals surface area contributed by atoms with Crippen LogP contribution in [0.25, 0.3) is 0 Å². The minimum Gasteiger partial charge on any atom is -0.459 e. The third-order valence-corrected chi connectivity index (χ3v) is 12.3. The van der Waals surface area contributed by atoms with Crippen LogP contribution in [0.5, 0.6) is 0 Å². The summed E-state index contributed by atoms with van der Waals surface area (Å²) < 4.78 is 12.6.